The fraction of sp³-hybridized carbons (Fsp3) is 0.125. The van der Waals surface area contributed by atoms with E-state index < -0.39 is 12.4 Å². The van der Waals surface area contributed by atoms with Gasteiger partial charge in [0, 0.05) is 17.0 Å². The molecule has 4 heteroatoms. The molecule has 0 aromatic heterocycles. The molecule has 0 fully saturated rings. The van der Waals surface area contributed by atoms with Crippen molar-refractivity contribution in [1.29, 1.82) is 0 Å². The van der Waals surface area contributed by atoms with Gasteiger partial charge in [0.2, 0.25) is 0 Å². The zero-order valence-corrected chi connectivity index (χ0v) is 7.43. The van der Waals surface area contributed by atoms with Gasteiger partial charge in [-0.2, -0.15) is 0 Å². The molecule has 0 aliphatic rings. The van der Waals surface area contributed by atoms with Crippen LogP contribution in [0, 0.1) is 0 Å². The Labute approximate surface area is 81.1 Å². The Kier molecular flexibility index (Phi) is 2.49. The first kappa shape index (κ1) is 7.90. The van der Waals surface area contributed by atoms with E-state index in [0.717, 1.165) is 0 Å². The van der Waals surface area contributed by atoms with Crippen LogP contribution in [0.3, 0.4) is 0 Å². The van der Waals surface area contributed by atoms with Gasteiger partial charge < -0.3 is 5.11 Å². The number of carboxylic acid groups (broad SMARTS) is 1. The summed E-state index contributed by atoms with van der Waals surface area (Å²) in [5, 5.41) is 8.99. The summed E-state index contributed by atoms with van der Waals surface area (Å²) in [6.07, 6.45) is -1.43. The highest BCUT2D eigenvalue weighted by molar-refractivity contribution is 6.36. The molecule has 0 bridgehead atoms. The maximum Gasteiger partial charge on any atom is 0.307 e. The summed E-state index contributed by atoms with van der Waals surface area (Å²) in [6.45, 7) is 0. The van der Waals surface area contributed by atoms with E-state index in [1.807, 2.05) is 0 Å². The van der Waals surface area contributed by atoms with Gasteiger partial charge in [-0.05, 0) is 12.1 Å². The molecule has 0 heterocycles. The average Bonchev–Trinajstić information content (AvgIpc) is 2.03. The minimum absolute atomic E-state index is 0.137. The van der Waals surface area contributed by atoms with Gasteiger partial charge in [-0.1, -0.05) is 29.3 Å². The van der Waals surface area contributed by atoms with Crippen LogP contribution < -0.4 is 0 Å². The Morgan fingerprint density at radius 3 is 2.42 bits per heavy atom. The zero-order valence-electron chi connectivity index (χ0n) is 6.92. The third-order valence-corrected chi connectivity index (χ3v) is 1.93. The molecule has 0 radical (unpaired) electrons. The van der Waals surface area contributed by atoms with Crippen LogP contribution in [0.2, 0.25) is 10.0 Å². The van der Waals surface area contributed by atoms with Crippen LogP contribution in [0.15, 0.2) is 18.2 Å². The standard InChI is InChI=1S/C8H6Cl2O2/c9-6-2-1-3-7(10)5(6)4-8(11)12/h1-3H,4H2,(H,11,12)/i4D. The van der Waals surface area contributed by atoms with Crippen LogP contribution in [0.25, 0.3) is 0 Å². The van der Waals surface area contributed by atoms with E-state index in [2.05, 4.69) is 0 Å². The molecule has 0 saturated heterocycles. The maximum absolute atomic E-state index is 10.5. The van der Waals surface area contributed by atoms with Gasteiger partial charge in [0.1, 0.15) is 0 Å². The van der Waals surface area contributed by atoms with E-state index in [4.69, 9.17) is 29.7 Å². The summed E-state index contributed by atoms with van der Waals surface area (Å²) in [6, 6.07) is 4.61. The lowest BCUT2D eigenvalue weighted by atomic mass is 10.1. The van der Waals surface area contributed by atoms with Gasteiger partial charge in [0.25, 0.3) is 0 Å². The van der Waals surface area contributed by atoms with Crippen molar-refractivity contribution >= 4 is 29.2 Å². The van der Waals surface area contributed by atoms with E-state index in [0.29, 0.717) is 0 Å². The molecule has 0 amide bonds. The van der Waals surface area contributed by atoms with Crippen molar-refractivity contribution in [3.63, 3.8) is 0 Å². The monoisotopic (exact) mass is 205 g/mol. The smallest absolute Gasteiger partial charge is 0.307 e. The molecule has 2 nitrogen and oxygen atoms in total. The number of halogens is 2. The first-order chi connectivity index (χ1) is 6.04. The minimum Gasteiger partial charge on any atom is -0.481 e. The van der Waals surface area contributed by atoms with E-state index in [9.17, 15) is 4.79 Å². The lowest BCUT2D eigenvalue weighted by Gasteiger charge is -2.02. The second kappa shape index (κ2) is 3.78. The first-order valence-electron chi connectivity index (χ1n) is 3.70. The lowest BCUT2D eigenvalue weighted by molar-refractivity contribution is -0.136. The maximum atomic E-state index is 10.5. The number of carboxylic acids is 1. The molecule has 0 spiro atoms. The topological polar surface area (TPSA) is 37.3 Å². The number of carbonyl (C=O) groups is 1. The number of aliphatic carboxylic acids is 1. The van der Waals surface area contributed by atoms with Crippen LogP contribution in [0.4, 0.5) is 0 Å². The third-order valence-electron chi connectivity index (χ3n) is 1.27. The van der Waals surface area contributed by atoms with Gasteiger partial charge in [-0.3, -0.25) is 4.79 Å². The van der Waals surface area contributed by atoms with Crippen molar-refractivity contribution < 1.29 is 11.3 Å². The SMILES string of the molecule is [2H]C(C(=O)O)c1c(Cl)cccc1Cl. The highest BCUT2D eigenvalue weighted by atomic mass is 35.5. The Balaban J connectivity index is 3.20. The largest absolute Gasteiger partial charge is 0.481 e. The molecule has 0 aliphatic carbocycles. The Morgan fingerprint density at radius 1 is 1.50 bits per heavy atom. The molecule has 0 aliphatic heterocycles. The molecule has 64 valence electrons. The van der Waals surface area contributed by atoms with Crippen LogP contribution in [0.1, 0.15) is 6.93 Å². The molecule has 1 unspecified atom stereocenters. The quantitative estimate of drug-likeness (QED) is 0.807. The summed E-state index contributed by atoms with van der Waals surface area (Å²) in [5.41, 5.74) is 0.137. The summed E-state index contributed by atoms with van der Waals surface area (Å²) in [4.78, 5) is 10.5. The molecule has 1 aromatic rings. The van der Waals surface area contributed by atoms with Crippen LogP contribution >= 0.6 is 23.2 Å². The predicted molar refractivity (Wildman–Crippen MR) is 47.8 cm³/mol. The molecule has 1 aromatic carbocycles. The molecule has 0 saturated carbocycles. The highest BCUT2D eigenvalue weighted by Gasteiger charge is 2.08. The Bertz CT molecular complexity index is 321. The van der Waals surface area contributed by atoms with Gasteiger partial charge in [-0.15, -0.1) is 0 Å². The van der Waals surface area contributed by atoms with Crippen LogP contribution in [0.5, 0.6) is 0 Å². The molecule has 1 atom stereocenters. The van der Waals surface area contributed by atoms with Gasteiger partial charge >= 0.3 is 5.97 Å². The minimum atomic E-state index is -1.43. The zero-order chi connectivity index (χ0) is 10.0. The van der Waals surface area contributed by atoms with Gasteiger partial charge in [0.05, 0.1) is 6.40 Å². The first-order valence-corrected chi connectivity index (χ1v) is 3.88. The van der Waals surface area contributed by atoms with Gasteiger partial charge in [0.15, 0.2) is 0 Å². The molecule has 1 rings (SSSR count). The van der Waals surface area contributed by atoms with Gasteiger partial charge in [-0.25, -0.2) is 0 Å². The summed E-state index contributed by atoms with van der Waals surface area (Å²) < 4.78 is 7.28. The highest BCUT2D eigenvalue weighted by Crippen LogP contribution is 2.24. The van der Waals surface area contributed by atoms with Crippen molar-refractivity contribution in [3.05, 3.63) is 33.8 Å². The fourth-order valence-corrected chi connectivity index (χ4v) is 1.28. The van der Waals surface area contributed by atoms with Crippen molar-refractivity contribution in [1.82, 2.24) is 0 Å². The fourth-order valence-electron chi connectivity index (χ4n) is 0.772. The van der Waals surface area contributed by atoms with E-state index >= 15 is 0 Å². The summed E-state index contributed by atoms with van der Waals surface area (Å²) in [7, 11) is 0. The summed E-state index contributed by atoms with van der Waals surface area (Å²) in [5.74, 6) is -1.27. The second-order valence-corrected chi connectivity index (χ2v) is 2.93. The van der Waals surface area contributed by atoms with E-state index in [1.165, 1.54) is 12.1 Å². The molecule has 1 N–H and O–H groups in total. The Hall–Kier alpha value is -0.730. The molecular weight excluding hydrogens is 199 g/mol. The van der Waals surface area contributed by atoms with Crippen LogP contribution in [-0.2, 0) is 11.2 Å². The van der Waals surface area contributed by atoms with E-state index in [1.54, 1.807) is 6.07 Å². The Morgan fingerprint density at radius 2 is 2.00 bits per heavy atom. The number of benzene rings is 1. The van der Waals surface area contributed by atoms with Crippen molar-refractivity contribution in [2.24, 2.45) is 0 Å². The number of hydrogen-bond donors (Lipinski definition) is 1. The number of hydrogen-bond acceptors (Lipinski definition) is 1. The van der Waals surface area contributed by atoms with Crippen molar-refractivity contribution in [2.75, 3.05) is 0 Å². The molecule has 12 heavy (non-hydrogen) atoms. The normalized spacial score (nSPS) is 13.7. The summed E-state index contributed by atoms with van der Waals surface area (Å²) >= 11 is 11.4. The second-order valence-electron chi connectivity index (χ2n) is 2.12. The van der Waals surface area contributed by atoms with E-state index in [-0.39, 0.29) is 15.6 Å². The average molecular weight is 206 g/mol. The number of rotatable bonds is 2. The van der Waals surface area contributed by atoms with Crippen LogP contribution in [-0.4, -0.2) is 11.1 Å². The van der Waals surface area contributed by atoms with Crippen molar-refractivity contribution in [2.45, 2.75) is 6.40 Å². The van der Waals surface area contributed by atoms with Crippen molar-refractivity contribution in [3.8, 4) is 0 Å². The lowest BCUT2D eigenvalue weighted by Crippen LogP contribution is -2.01. The molecular formula is C8H6Cl2O2. The third kappa shape index (κ3) is 2.13. The predicted octanol–water partition coefficient (Wildman–Crippen LogP) is 2.62.